The number of aromatic amines is 1. The van der Waals surface area contributed by atoms with Gasteiger partial charge < -0.3 is 14.8 Å². The van der Waals surface area contributed by atoms with Crippen LogP contribution in [0.2, 0.25) is 0 Å². The molecule has 2 heterocycles. The number of fused-ring (bicyclic) bond motifs is 1. The van der Waals surface area contributed by atoms with Gasteiger partial charge in [-0.25, -0.2) is 14.3 Å². The monoisotopic (exact) mass is 433 g/mol. The Hall–Kier alpha value is -4.14. The number of methoxy groups -OCH3 is 2. The van der Waals surface area contributed by atoms with Crippen LogP contribution in [0.1, 0.15) is 11.1 Å². The minimum absolute atomic E-state index is 0.188. The molecule has 4 rings (SSSR count). The number of hydrogen-bond acceptors (Lipinski definition) is 7. The van der Waals surface area contributed by atoms with Crippen LogP contribution in [-0.4, -0.2) is 40.3 Å². The Kier molecular flexibility index (Phi) is 5.89. The number of benzene rings is 2. The van der Waals surface area contributed by atoms with E-state index in [1.807, 2.05) is 31.2 Å². The van der Waals surface area contributed by atoms with Gasteiger partial charge in [0.1, 0.15) is 5.39 Å². The highest BCUT2D eigenvalue weighted by Gasteiger charge is 2.12. The van der Waals surface area contributed by atoms with Crippen LogP contribution in [0.5, 0.6) is 11.5 Å². The first-order chi connectivity index (χ1) is 15.5. The molecule has 2 aromatic carbocycles. The van der Waals surface area contributed by atoms with Crippen molar-refractivity contribution in [1.29, 1.82) is 0 Å². The van der Waals surface area contributed by atoms with Crippen LogP contribution in [0.4, 0.5) is 5.95 Å². The van der Waals surface area contributed by atoms with Crippen LogP contribution in [0, 0.1) is 6.92 Å². The van der Waals surface area contributed by atoms with Gasteiger partial charge in [0.2, 0.25) is 5.95 Å². The van der Waals surface area contributed by atoms with E-state index < -0.39 is 11.2 Å². The van der Waals surface area contributed by atoms with E-state index in [1.54, 1.807) is 32.4 Å². The van der Waals surface area contributed by atoms with E-state index in [9.17, 15) is 9.59 Å². The lowest BCUT2D eigenvalue weighted by Gasteiger charge is -2.10. The lowest BCUT2D eigenvalue weighted by atomic mass is 10.1. The SMILES string of the molecule is COc1ccc(CCNc2ncc3c(=O)n(-c4cccc(C)c4)c(=O)[nH]c3n2)cc1OC. The Balaban J connectivity index is 1.55. The lowest BCUT2D eigenvalue weighted by Crippen LogP contribution is -2.34. The summed E-state index contributed by atoms with van der Waals surface area (Å²) in [6.45, 7) is 2.44. The Morgan fingerprint density at radius 2 is 1.88 bits per heavy atom. The zero-order chi connectivity index (χ0) is 22.7. The van der Waals surface area contributed by atoms with Gasteiger partial charge in [-0.05, 0) is 48.7 Å². The molecule has 164 valence electrons. The molecule has 0 saturated heterocycles. The van der Waals surface area contributed by atoms with Gasteiger partial charge in [0.15, 0.2) is 17.1 Å². The fourth-order valence-corrected chi connectivity index (χ4v) is 3.45. The average molecular weight is 433 g/mol. The van der Waals surface area contributed by atoms with Gasteiger partial charge in [0.25, 0.3) is 5.56 Å². The number of aromatic nitrogens is 4. The maximum Gasteiger partial charge on any atom is 0.334 e. The van der Waals surface area contributed by atoms with E-state index in [0.717, 1.165) is 15.7 Å². The Labute approximate surface area is 183 Å². The van der Waals surface area contributed by atoms with Gasteiger partial charge in [-0.15, -0.1) is 0 Å². The summed E-state index contributed by atoms with van der Waals surface area (Å²) in [7, 11) is 3.19. The summed E-state index contributed by atoms with van der Waals surface area (Å²) < 4.78 is 11.7. The second-order valence-electron chi connectivity index (χ2n) is 7.23. The molecule has 0 radical (unpaired) electrons. The molecule has 0 atom stereocenters. The normalized spacial score (nSPS) is 10.8. The van der Waals surface area contributed by atoms with Crippen molar-refractivity contribution < 1.29 is 9.47 Å². The molecule has 0 bridgehead atoms. The zero-order valence-corrected chi connectivity index (χ0v) is 18.0. The molecule has 0 amide bonds. The van der Waals surface area contributed by atoms with Crippen molar-refractivity contribution in [3.8, 4) is 17.2 Å². The lowest BCUT2D eigenvalue weighted by molar-refractivity contribution is 0.354. The second kappa shape index (κ2) is 8.93. The largest absolute Gasteiger partial charge is 0.493 e. The molecule has 0 aliphatic rings. The molecule has 0 unspecified atom stereocenters. The molecule has 32 heavy (non-hydrogen) atoms. The number of nitrogens with zero attached hydrogens (tertiary/aromatic N) is 3. The number of rotatable bonds is 7. The molecule has 0 aliphatic carbocycles. The summed E-state index contributed by atoms with van der Waals surface area (Å²) in [5.74, 6) is 1.65. The third kappa shape index (κ3) is 4.18. The van der Waals surface area contributed by atoms with E-state index in [0.29, 0.717) is 36.1 Å². The first-order valence-electron chi connectivity index (χ1n) is 10.0. The van der Waals surface area contributed by atoms with Crippen LogP contribution in [0.25, 0.3) is 16.7 Å². The Bertz CT molecular complexity index is 1390. The molecule has 0 spiro atoms. The summed E-state index contributed by atoms with van der Waals surface area (Å²) in [5.41, 5.74) is 1.65. The first-order valence-corrected chi connectivity index (χ1v) is 10.0. The molecule has 4 aromatic rings. The van der Waals surface area contributed by atoms with Crippen molar-refractivity contribution in [3.63, 3.8) is 0 Å². The molecule has 2 N–H and O–H groups in total. The zero-order valence-electron chi connectivity index (χ0n) is 18.0. The van der Waals surface area contributed by atoms with Gasteiger partial charge in [-0.3, -0.25) is 9.78 Å². The highest BCUT2D eigenvalue weighted by Crippen LogP contribution is 2.27. The maximum atomic E-state index is 12.9. The molecule has 0 aliphatic heterocycles. The predicted molar refractivity (Wildman–Crippen MR) is 122 cm³/mol. The molecule has 0 saturated carbocycles. The topological polar surface area (TPSA) is 111 Å². The van der Waals surface area contributed by atoms with E-state index in [4.69, 9.17) is 9.47 Å². The number of anilines is 1. The van der Waals surface area contributed by atoms with Crippen LogP contribution in [-0.2, 0) is 6.42 Å². The summed E-state index contributed by atoms with van der Waals surface area (Å²) in [5, 5.41) is 3.35. The van der Waals surface area contributed by atoms with E-state index in [1.165, 1.54) is 6.20 Å². The molecular weight excluding hydrogens is 410 g/mol. The standard InChI is InChI=1S/C23H23N5O4/c1-14-5-4-6-16(11-14)28-21(29)17-13-25-22(26-20(17)27-23(28)30)24-10-9-15-7-8-18(31-2)19(12-15)32-3/h4-8,11-13H,9-10H2,1-3H3,(H2,24,25,26,27,30). The summed E-state index contributed by atoms with van der Waals surface area (Å²) in [6, 6.07) is 12.9. The molecule has 2 aromatic heterocycles. The van der Waals surface area contributed by atoms with Gasteiger partial charge in [-0.2, -0.15) is 4.98 Å². The summed E-state index contributed by atoms with van der Waals surface area (Å²) in [6.07, 6.45) is 2.11. The van der Waals surface area contributed by atoms with Crippen molar-refractivity contribution in [2.45, 2.75) is 13.3 Å². The average Bonchev–Trinajstić information content (AvgIpc) is 2.79. The van der Waals surface area contributed by atoms with Gasteiger partial charge in [-0.1, -0.05) is 18.2 Å². The third-order valence-electron chi connectivity index (χ3n) is 5.06. The first kappa shape index (κ1) is 21.1. The van der Waals surface area contributed by atoms with E-state index in [2.05, 4.69) is 20.3 Å². The van der Waals surface area contributed by atoms with E-state index in [-0.39, 0.29) is 11.0 Å². The smallest absolute Gasteiger partial charge is 0.334 e. The van der Waals surface area contributed by atoms with Gasteiger partial charge in [0.05, 0.1) is 19.9 Å². The highest BCUT2D eigenvalue weighted by atomic mass is 16.5. The minimum Gasteiger partial charge on any atom is -0.493 e. The number of hydrogen-bond donors (Lipinski definition) is 2. The third-order valence-corrected chi connectivity index (χ3v) is 5.06. The van der Waals surface area contributed by atoms with Crippen LogP contribution in [0.3, 0.4) is 0 Å². The van der Waals surface area contributed by atoms with Gasteiger partial charge >= 0.3 is 5.69 Å². The van der Waals surface area contributed by atoms with Crippen molar-refractivity contribution >= 4 is 17.0 Å². The summed E-state index contributed by atoms with van der Waals surface area (Å²) >= 11 is 0. The van der Waals surface area contributed by atoms with Crippen LogP contribution >= 0.6 is 0 Å². The molecule has 9 heteroatoms. The van der Waals surface area contributed by atoms with Crippen LogP contribution < -0.4 is 26.0 Å². The van der Waals surface area contributed by atoms with Crippen molar-refractivity contribution in [2.75, 3.05) is 26.1 Å². The maximum absolute atomic E-state index is 12.9. The molecular formula is C23H23N5O4. The minimum atomic E-state index is -0.553. The number of ether oxygens (including phenoxy) is 2. The molecule has 9 nitrogen and oxygen atoms in total. The van der Waals surface area contributed by atoms with E-state index >= 15 is 0 Å². The molecule has 0 fully saturated rings. The Morgan fingerprint density at radius 1 is 1.06 bits per heavy atom. The highest BCUT2D eigenvalue weighted by molar-refractivity contribution is 5.73. The number of nitrogens with one attached hydrogen (secondary N) is 2. The number of aryl methyl sites for hydroxylation is 1. The fraction of sp³-hybridized carbons (Fsp3) is 0.217. The summed E-state index contributed by atoms with van der Waals surface area (Å²) in [4.78, 5) is 36.7. The quantitative estimate of drug-likeness (QED) is 0.460. The van der Waals surface area contributed by atoms with Crippen molar-refractivity contribution in [3.05, 3.63) is 80.6 Å². The predicted octanol–water partition coefficient (Wildman–Crippen LogP) is 2.45. The fourth-order valence-electron chi connectivity index (χ4n) is 3.45. The Morgan fingerprint density at radius 3 is 2.62 bits per heavy atom. The van der Waals surface area contributed by atoms with Crippen molar-refractivity contribution in [1.82, 2.24) is 19.5 Å². The van der Waals surface area contributed by atoms with Crippen LogP contribution in [0.15, 0.2) is 58.3 Å². The van der Waals surface area contributed by atoms with Gasteiger partial charge in [0, 0.05) is 12.7 Å². The number of H-pyrrole nitrogens is 1. The van der Waals surface area contributed by atoms with Crippen molar-refractivity contribution in [2.24, 2.45) is 0 Å². The second-order valence-corrected chi connectivity index (χ2v) is 7.23.